The van der Waals surface area contributed by atoms with Gasteiger partial charge in [0.15, 0.2) is 0 Å². The first-order chi connectivity index (χ1) is 9.50. The van der Waals surface area contributed by atoms with Crippen LogP contribution in [0.5, 0.6) is 0 Å². The summed E-state index contributed by atoms with van der Waals surface area (Å²) in [5.41, 5.74) is 0.741. The summed E-state index contributed by atoms with van der Waals surface area (Å²) < 4.78 is 13.8. The highest BCUT2D eigenvalue weighted by Gasteiger charge is 2.29. The topological polar surface area (TPSA) is 23.6 Å². The fourth-order valence-corrected chi connectivity index (χ4v) is 2.91. The average Bonchev–Trinajstić information content (AvgIpc) is 2.46. The quantitative estimate of drug-likeness (QED) is 0.848. The summed E-state index contributed by atoms with van der Waals surface area (Å²) in [6, 6.07) is 7.00. The Balaban J connectivity index is 1.97. The fraction of sp³-hybridized carbons (Fsp3) is 0.562. The van der Waals surface area contributed by atoms with Crippen molar-refractivity contribution in [1.82, 2.24) is 9.80 Å². The monoisotopic (exact) mass is 278 g/mol. The third kappa shape index (κ3) is 3.18. The Kier molecular flexibility index (Phi) is 4.76. The summed E-state index contributed by atoms with van der Waals surface area (Å²) in [5, 5.41) is 0. The normalized spacial score (nSPS) is 18.8. The van der Waals surface area contributed by atoms with Gasteiger partial charge >= 0.3 is 0 Å². The highest BCUT2D eigenvalue weighted by atomic mass is 19.1. The van der Waals surface area contributed by atoms with Crippen molar-refractivity contribution in [2.45, 2.75) is 25.8 Å². The summed E-state index contributed by atoms with van der Waals surface area (Å²) in [4.78, 5) is 15.9. The molecule has 1 aliphatic rings. The van der Waals surface area contributed by atoms with Crippen molar-refractivity contribution in [3.8, 4) is 0 Å². The van der Waals surface area contributed by atoms with E-state index in [0.29, 0.717) is 0 Å². The van der Waals surface area contributed by atoms with Crippen molar-refractivity contribution in [3.05, 3.63) is 35.6 Å². The summed E-state index contributed by atoms with van der Waals surface area (Å²) >= 11 is 0. The first kappa shape index (κ1) is 15.0. The van der Waals surface area contributed by atoms with E-state index in [1.807, 2.05) is 19.1 Å². The Labute approximate surface area is 120 Å². The van der Waals surface area contributed by atoms with Crippen molar-refractivity contribution in [2.75, 3.05) is 27.2 Å². The van der Waals surface area contributed by atoms with E-state index < -0.39 is 0 Å². The van der Waals surface area contributed by atoms with Crippen molar-refractivity contribution < 1.29 is 9.18 Å². The number of likely N-dealkylation sites (tertiary alicyclic amines) is 1. The van der Waals surface area contributed by atoms with Gasteiger partial charge in [0, 0.05) is 31.6 Å². The van der Waals surface area contributed by atoms with E-state index in [1.54, 1.807) is 25.1 Å². The van der Waals surface area contributed by atoms with Crippen LogP contribution in [0.4, 0.5) is 4.39 Å². The van der Waals surface area contributed by atoms with Gasteiger partial charge in [0.1, 0.15) is 5.82 Å². The lowest BCUT2D eigenvalue weighted by Gasteiger charge is -2.36. The van der Waals surface area contributed by atoms with E-state index in [1.165, 1.54) is 6.07 Å². The second-order valence-electron chi connectivity index (χ2n) is 5.74. The number of carbonyl (C=O) groups is 1. The molecule has 1 aromatic rings. The minimum atomic E-state index is -0.147. The molecule has 1 unspecified atom stereocenters. The first-order valence-corrected chi connectivity index (χ1v) is 7.20. The van der Waals surface area contributed by atoms with Crippen LogP contribution in [-0.2, 0) is 4.79 Å². The molecular formula is C16H23FN2O. The van der Waals surface area contributed by atoms with Crippen LogP contribution in [0.3, 0.4) is 0 Å². The lowest BCUT2D eigenvalue weighted by Crippen LogP contribution is -2.41. The Morgan fingerprint density at radius 1 is 1.30 bits per heavy atom. The number of piperidine rings is 1. The Morgan fingerprint density at radius 2 is 1.90 bits per heavy atom. The molecule has 1 aliphatic heterocycles. The van der Waals surface area contributed by atoms with E-state index >= 15 is 0 Å². The van der Waals surface area contributed by atoms with Crippen LogP contribution in [0, 0.1) is 11.7 Å². The fourth-order valence-electron chi connectivity index (χ4n) is 2.91. The molecule has 0 aliphatic carbocycles. The summed E-state index contributed by atoms with van der Waals surface area (Å²) in [5.74, 6) is 0.184. The number of benzene rings is 1. The average molecular weight is 278 g/mol. The van der Waals surface area contributed by atoms with Gasteiger partial charge in [0.25, 0.3) is 0 Å². The maximum atomic E-state index is 13.8. The second-order valence-corrected chi connectivity index (χ2v) is 5.74. The maximum Gasteiger partial charge on any atom is 0.225 e. The van der Waals surface area contributed by atoms with Crippen LogP contribution in [-0.4, -0.2) is 42.9 Å². The van der Waals surface area contributed by atoms with E-state index in [0.717, 1.165) is 31.5 Å². The predicted octanol–water partition coefficient (Wildman–Crippen LogP) is 2.69. The predicted molar refractivity (Wildman–Crippen MR) is 77.8 cm³/mol. The number of hydrogen-bond acceptors (Lipinski definition) is 2. The van der Waals surface area contributed by atoms with Crippen molar-refractivity contribution in [3.63, 3.8) is 0 Å². The lowest BCUT2D eigenvalue weighted by molar-refractivity contribution is -0.134. The van der Waals surface area contributed by atoms with Gasteiger partial charge in [-0.1, -0.05) is 18.2 Å². The molecule has 1 amide bonds. The minimum absolute atomic E-state index is 0.0617. The number of nitrogens with zero attached hydrogens (tertiary/aromatic N) is 2. The SMILES string of the molecule is CC(c1ccccc1F)N1CCC(C(=O)N(C)C)CC1. The highest BCUT2D eigenvalue weighted by Crippen LogP contribution is 2.28. The molecule has 0 saturated carbocycles. The molecule has 2 rings (SSSR count). The number of rotatable bonds is 3. The molecule has 0 bridgehead atoms. The van der Waals surface area contributed by atoms with Crippen LogP contribution in [0.25, 0.3) is 0 Å². The molecule has 0 N–H and O–H groups in total. The molecular weight excluding hydrogens is 255 g/mol. The van der Waals surface area contributed by atoms with Crippen LogP contribution in [0.1, 0.15) is 31.4 Å². The first-order valence-electron chi connectivity index (χ1n) is 7.20. The molecule has 1 saturated heterocycles. The molecule has 20 heavy (non-hydrogen) atoms. The number of halogens is 1. The molecule has 1 aromatic carbocycles. The van der Waals surface area contributed by atoms with E-state index in [9.17, 15) is 9.18 Å². The van der Waals surface area contributed by atoms with Crippen LogP contribution < -0.4 is 0 Å². The summed E-state index contributed by atoms with van der Waals surface area (Å²) in [7, 11) is 3.60. The Hall–Kier alpha value is -1.42. The molecule has 4 heteroatoms. The molecule has 0 aromatic heterocycles. The Bertz CT molecular complexity index is 467. The van der Waals surface area contributed by atoms with E-state index in [4.69, 9.17) is 0 Å². The van der Waals surface area contributed by atoms with Crippen molar-refractivity contribution >= 4 is 5.91 Å². The smallest absolute Gasteiger partial charge is 0.225 e. The van der Waals surface area contributed by atoms with E-state index in [2.05, 4.69) is 4.90 Å². The number of amides is 1. The van der Waals surface area contributed by atoms with Gasteiger partial charge in [0.05, 0.1) is 0 Å². The van der Waals surface area contributed by atoms with Crippen LogP contribution in [0.15, 0.2) is 24.3 Å². The molecule has 1 atom stereocenters. The molecule has 0 spiro atoms. The number of hydrogen-bond donors (Lipinski definition) is 0. The number of carbonyl (C=O) groups excluding carboxylic acids is 1. The zero-order valence-electron chi connectivity index (χ0n) is 12.5. The Morgan fingerprint density at radius 3 is 2.45 bits per heavy atom. The highest BCUT2D eigenvalue weighted by molar-refractivity contribution is 5.78. The lowest BCUT2D eigenvalue weighted by atomic mass is 9.93. The minimum Gasteiger partial charge on any atom is -0.349 e. The van der Waals surface area contributed by atoms with Gasteiger partial charge in [-0.05, 0) is 38.9 Å². The molecule has 0 radical (unpaired) electrons. The second kappa shape index (κ2) is 6.35. The maximum absolute atomic E-state index is 13.8. The summed E-state index contributed by atoms with van der Waals surface area (Å²) in [6.07, 6.45) is 1.71. The largest absolute Gasteiger partial charge is 0.349 e. The third-order valence-corrected chi connectivity index (χ3v) is 4.22. The zero-order chi connectivity index (χ0) is 14.7. The zero-order valence-corrected chi connectivity index (χ0v) is 12.5. The van der Waals surface area contributed by atoms with Crippen LogP contribution in [0.2, 0.25) is 0 Å². The third-order valence-electron chi connectivity index (χ3n) is 4.22. The molecule has 1 heterocycles. The van der Waals surface area contributed by atoms with Gasteiger partial charge in [-0.3, -0.25) is 9.69 Å². The molecule has 110 valence electrons. The van der Waals surface area contributed by atoms with E-state index in [-0.39, 0.29) is 23.7 Å². The van der Waals surface area contributed by atoms with Gasteiger partial charge in [-0.25, -0.2) is 4.39 Å². The van der Waals surface area contributed by atoms with Gasteiger partial charge in [-0.2, -0.15) is 0 Å². The standard InChI is InChI=1S/C16H23FN2O/c1-12(14-6-4-5-7-15(14)17)19-10-8-13(9-11-19)16(20)18(2)3/h4-7,12-13H,8-11H2,1-3H3. The van der Waals surface area contributed by atoms with Gasteiger partial charge < -0.3 is 4.90 Å². The van der Waals surface area contributed by atoms with Crippen molar-refractivity contribution in [1.29, 1.82) is 0 Å². The molecule has 1 fully saturated rings. The van der Waals surface area contributed by atoms with Gasteiger partial charge in [-0.15, -0.1) is 0 Å². The van der Waals surface area contributed by atoms with Gasteiger partial charge in [0.2, 0.25) is 5.91 Å². The van der Waals surface area contributed by atoms with Crippen molar-refractivity contribution in [2.24, 2.45) is 5.92 Å². The molecule has 3 nitrogen and oxygen atoms in total. The van der Waals surface area contributed by atoms with Crippen LogP contribution >= 0.6 is 0 Å². The summed E-state index contributed by atoms with van der Waals surface area (Å²) in [6.45, 7) is 3.73.